The molecule has 1 nitrogen and oxygen atoms in total. The third-order valence-corrected chi connectivity index (χ3v) is 5.11. The van der Waals surface area contributed by atoms with E-state index in [4.69, 9.17) is 5.73 Å². The van der Waals surface area contributed by atoms with Gasteiger partial charge in [0.25, 0.3) is 0 Å². The molecule has 0 aliphatic carbocycles. The number of aryl methyl sites for hydroxylation is 1. The molecule has 0 saturated heterocycles. The fourth-order valence-corrected chi connectivity index (χ4v) is 4.15. The van der Waals surface area contributed by atoms with Gasteiger partial charge in [0.15, 0.2) is 0 Å². The lowest BCUT2D eigenvalue weighted by molar-refractivity contribution is 0.637. The highest BCUT2D eigenvalue weighted by Crippen LogP contribution is 2.39. The summed E-state index contributed by atoms with van der Waals surface area (Å²) in [5.74, 6) is 0. The van der Waals surface area contributed by atoms with Crippen molar-refractivity contribution in [2.24, 2.45) is 5.73 Å². The first kappa shape index (κ1) is 13.1. The van der Waals surface area contributed by atoms with Crippen LogP contribution in [-0.4, -0.2) is 11.3 Å². The number of hydrogen-bond acceptors (Lipinski definition) is 3. The molecule has 86 valence electrons. The molecule has 15 heavy (non-hydrogen) atoms. The molecule has 2 unspecified atom stereocenters. The number of thioether (sulfide) groups is 1. The standard InChI is InChI=1S/C12H21NS2/c1-5-10(13)12(15-8(2)3)11-9(4)6-7-14-11/h6-8,10,12H,5,13H2,1-4H3. The maximum absolute atomic E-state index is 6.21. The maximum Gasteiger partial charge on any atom is 0.0547 e. The molecule has 1 heterocycles. The Hall–Kier alpha value is 0.0100. The van der Waals surface area contributed by atoms with Crippen LogP contribution in [0.2, 0.25) is 0 Å². The van der Waals surface area contributed by atoms with Gasteiger partial charge in [-0.25, -0.2) is 0 Å². The average Bonchev–Trinajstić information content (AvgIpc) is 2.59. The lowest BCUT2D eigenvalue weighted by atomic mass is 10.1. The van der Waals surface area contributed by atoms with Gasteiger partial charge >= 0.3 is 0 Å². The Morgan fingerprint density at radius 3 is 2.53 bits per heavy atom. The number of thiophene rings is 1. The van der Waals surface area contributed by atoms with Crippen LogP contribution in [0.15, 0.2) is 11.4 Å². The Bertz CT molecular complexity index is 294. The molecule has 2 N–H and O–H groups in total. The molecule has 0 saturated carbocycles. The molecule has 0 spiro atoms. The molecule has 0 aliphatic rings. The van der Waals surface area contributed by atoms with Crippen molar-refractivity contribution in [3.05, 3.63) is 21.9 Å². The van der Waals surface area contributed by atoms with Crippen LogP contribution in [0.1, 0.15) is 42.9 Å². The first-order chi connectivity index (χ1) is 7.06. The van der Waals surface area contributed by atoms with Crippen LogP contribution in [0, 0.1) is 6.92 Å². The quantitative estimate of drug-likeness (QED) is 0.846. The first-order valence-electron chi connectivity index (χ1n) is 5.51. The van der Waals surface area contributed by atoms with E-state index < -0.39 is 0 Å². The van der Waals surface area contributed by atoms with Crippen molar-refractivity contribution in [3.8, 4) is 0 Å². The fraction of sp³-hybridized carbons (Fsp3) is 0.667. The SMILES string of the molecule is CCC(N)C(SC(C)C)c1sccc1C. The predicted molar refractivity (Wildman–Crippen MR) is 72.8 cm³/mol. The minimum atomic E-state index is 0.273. The minimum Gasteiger partial charge on any atom is -0.326 e. The molecule has 3 heteroatoms. The number of nitrogens with two attached hydrogens (primary N) is 1. The van der Waals surface area contributed by atoms with Crippen LogP contribution in [0.25, 0.3) is 0 Å². The van der Waals surface area contributed by atoms with Crippen molar-refractivity contribution in [1.29, 1.82) is 0 Å². The second kappa shape index (κ2) is 5.92. The molecular weight excluding hydrogens is 222 g/mol. The molecular formula is C12H21NS2. The van der Waals surface area contributed by atoms with Crippen LogP contribution < -0.4 is 5.73 Å². The third-order valence-electron chi connectivity index (χ3n) is 2.44. The number of hydrogen-bond donors (Lipinski definition) is 1. The monoisotopic (exact) mass is 243 g/mol. The van der Waals surface area contributed by atoms with E-state index in [0.717, 1.165) is 6.42 Å². The average molecular weight is 243 g/mol. The van der Waals surface area contributed by atoms with E-state index in [9.17, 15) is 0 Å². The minimum absolute atomic E-state index is 0.273. The summed E-state index contributed by atoms with van der Waals surface area (Å²) in [4.78, 5) is 1.46. The molecule has 1 rings (SSSR count). The van der Waals surface area contributed by atoms with Crippen LogP contribution >= 0.6 is 23.1 Å². The summed E-state index contributed by atoms with van der Waals surface area (Å²) < 4.78 is 0. The molecule has 0 aliphatic heterocycles. The van der Waals surface area contributed by atoms with E-state index in [0.29, 0.717) is 10.5 Å². The van der Waals surface area contributed by atoms with Gasteiger partial charge in [-0.3, -0.25) is 0 Å². The highest BCUT2D eigenvalue weighted by molar-refractivity contribution is 8.00. The van der Waals surface area contributed by atoms with Crippen LogP contribution in [-0.2, 0) is 0 Å². The summed E-state index contributed by atoms with van der Waals surface area (Å²) >= 11 is 3.83. The van der Waals surface area contributed by atoms with Crippen LogP contribution in [0.5, 0.6) is 0 Å². The van der Waals surface area contributed by atoms with E-state index in [1.54, 1.807) is 0 Å². The summed E-state index contributed by atoms with van der Waals surface area (Å²) in [5.41, 5.74) is 7.60. The Balaban J connectivity index is 2.86. The van der Waals surface area contributed by atoms with E-state index >= 15 is 0 Å². The predicted octanol–water partition coefficient (Wildman–Crippen LogP) is 3.98. The second-order valence-corrected chi connectivity index (χ2v) is 6.82. The molecule has 2 atom stereocenters. The third kappa shape index (κ3) is 3.51. The van der Waals surface area contributed by atoms with E-state index in [1.165, 1.54) is 10.4 Å². The van der Waals surface area contributed by atoms with Crippen molar-refractivity contribution >= 4 is 23.1 Å². The molecule has 0 bridgehead atoms. The Morgan fingerprint density at radius 2 is 2.13 bits per heavy atom. The summed E-state index contributed by atoms with van der Waals surface area (Å²) in [7, 11) is 0. The zero-order valence-corrected chi connectivity index (χ0v) is 11.6. The molecule has 0 radical (unpaired) electrons. The normalized spacial score (nSPS) is 15.6. The largest absolute Gasteiger partial charge is 0.326 e. The van der Waals surface area contributed by atoms with Gasteiger partial charge < -0.3 is 5.73 Å². The summed E-state index contributed by atoms with van der Waals surface area (Å²) in [5, 5.41) is 3.27. The van der Waals surface area contributed by atoms with Crippen LogP contribution in [0.3, 0.4) is 0 Å². The topological polar surface area (TPSA) is 26.0 Å². The molecule has 1 aromatic rings. The zero-order valence-electron chi connectivity index (χ0n) is 9.99. The summed E-state index contributed by atoms with van der Waals surface area (Å²) in [6.45, 7) is 8.83. The highest BCUT2D eigenvalue weighted by Gasteiger charge is 2.22. The Labute approximate surface area is 101 Å². The van der Waals surface area contributed by atoms with Crippen molar-refractivity contribution in [1.82, 2.24) is 0 Å². The van der Waals surface area contributed by atoms with Crippen molar-refractivity contribution in [2.75, 3.05) is 0 Å². The Kier molecular flexibility index (Phi) is 5.16. The molecule has 0 aromatic carbocycles. The first-order valence-corrected chi connectivity index (χ1v) is 7.33. The van der Waals surface area contributed by atoms with Gasteiger partial charge in [-0.1, -0.05) is 20.8 Å². The summed E-state index contributed by atoms with van der Waals surface area (Å²) in [6, 6.07) is 2.46. The lowest BCUT2D eigenvalue weighted by Gasteiger charge is -2.24. The van der Waals surface area contributed by atoms with Gasteiger partial charge in [-0.05, 0) is 35.6 Å². The van der Waals surface area contributed by atoms with Crippen LogP contribution in [0.4, 0.5) is 0 Å². The molecule has 1 aromatic heterocycles. The van der Waals surface area contributed by atoms with Crippen molar-refractivity contribution < 1.29 is 0 Å². The van der Waals surface area contributed by atoms with Gasteiger partial charge in [-0.15, -0.1) is 23.1 Å². The zero-order chi connectivity index (χ0) is 11.4. The van der Waals surface area contributed by atoms with Gasteiger partial charge in [0.1, 0.15) is 0 Å². The highest BCUT2D eigenvalue weighted by atomic mass is 32.2. The summed E-state index contributed by atoms with van der Waals surface area (Å²) in [6.07, 6.45) is 1.04. The maximum atomic E-state index is 6.21. The van der Waals surface area contributed by atoms with E-state index in [-0.39, 0.29) is 6.04 Å². The van der Waals surface area contributed by atoms with Gasteiger partial charge in [-0.2, -0.15) is 0 Å². The van der Waals surface area contributed by atoms with E-state index in [1.807, 2.05) is 23.1 Å². The van der Waals surface area contributed by atoms with Crippen molar-refractivity contribution in [3.63, 3.8) is 0 Å². The van der Waals surface area contributed by atoms with Gasteiger partial charge in [0.2, 0.25) is 0 Å². The smallest absolute Gasteiger partial charge is 0.0547 e. The van der Waals surface area contributed by atoms with Gasteiger partial charge in [0.05, 0.1) is 5.25 Å². The Morgan fingerprint density at radius 1 is 1.47 bits per heavy atom. The fourth-order valence-electron chi connectivity index (χ4n) is 1.54. The number of rotatable bonds is 5. The van der Waals surface area contributed by atoms with E-state index in [2.05, 4.69) is 39.1 Å². The lowest BCUT2D eigenvalue weighted by Crippen LogP contribution is -2.26. The second-order valence-electron chi connectivity index (χ2n) is 4.15. The molecule has 0 amide bonds. The van der Waals surface area contributed by atoms with Gasteiger partial charge in [0, 0.05) is 10.9 Å². The van der Waals surface area contributed by atoms with Crippen molar-refractivity contribution in [2.45, 2.75) is 50.7 Å². The molecule has 0 fully saturated rings.